The molecule has 0 unspecified atom stereocenters. The van der Waals surface area contributed by atoms with Crippen LogP contribution in [-0.4, -0.2) is 33.2 Å². The van der Waals surface area contributed by atoms with E-state index in [2.05, 4.69) is 20.9 Å². The van der Waals surface area contributed by atoms with Crippen LogP contribution >= 0.6 is 0 Å². The molecule has 0 spiro atoms. The van der Waals surface area contributed by atoms with Gasteiger partial charge in [0.05, 0.1) is 17.5 Å². The van der Waals surface area contributed by atoms with Crippen molar-refractivity contribution < 1.29 is 22.8 Å². The number of amidine groups is 1. The Balaban J connectivity index is 1.50. The lowest BCUT2D eigenvalue weighted by molar-refractivity contribution is -0.137. The second kappa shape index (κ2) is 13.2. The van der Waals surface area contributed by atoms with Crippen LogP contribution in [0.1, 0.15) is 40.9 Å². The normalized spacial score (nSPS) is 11.2. The summed E-state index contributed by atoms with van der Waals surface area (Å²) in [5.74, 6) is -1.16. The SMILES string of the molecule is CC(C)Nc1ncc(-c2cc(N)cc(C(F)(F)F)c2)n(CC(=O)NCc2ccc(C(=N)NC(=O)c3ccccc3)cc2)c1=O. The van der Waals surface area contributed by atoms with E-state index in [1.54, 1.807) is 68.4 Å². The van der Waals surface area contributed by atoms with Gasteiger partial charge in [-0.25, -0.2) is 4.98 Å². The van der Waals surface area contributed by atoms with Crippen molar-refractivity contribution in [3.63, 3.8) is 0 Å². The van der Waals surface area contributed by atoms with Crippen molar-refractivity contribution in [3.05, 3.63) is 112 Å². The minimum atomic E-state index is -4.68. The fourth-order valence-corrected chi connectivity index (χ4v) is 4.25. The second-order valence-corrected chi connectivity index (χ2v) is 10.2. The van der Waals surface area contributed by atoms with Crippen LogP contribution in [0.2, 0.25) is 0 Å². The van der Waals surface area contributed by atoms with Crippen LogP contribution in [-0.2, 0) is 24.1 Å². The summed E-state index contributed by atoms with van der Waals surface area (Å²) >= 11 is 0. The van der Waals surface area contributed by atoms with E-state index in [1.807, 2.05) is 0 Å². The molecule has 0 saturated carbocycles. The number of amides is 2. The van der Waals surface area contributed by atoms with E-state index in [0.29, 0.717) is 16.7 Å². The summed E-state index contributed by atoms with van der Waals surface area (Å²) in [6, 6.07) is 17.8. The molecule has 4 rings (SSSR count). The van der Waals surface area contributed by atoms with E-state index in [9.17, 15) is 27.6 Å². The molecule has 0 radical (unpaired) electrons. The Morgan fingerprint density at radius 3 is 2.32 bits per heavy atom. The van der Waals surface area contributed by atoms with Crippen molar-refractivity contribution in [2.75, 3.05) is 11.1 Å². The van der Waals surface area contributed by atoms with Gasteiger partial charge >= 0.3 is 6.18 Å². The number of nitrogen functional groups attached to an aromatic ring is 1. The number of aromatic nitrogens is 2. The molecular formula is C31H30F3N7O3. The van der Waals surface area contributed by atoms with Crippen LogP contribution < -0.4 is 27.2 Å². The number of nitrogens with two attached hydrogens (primary N) is 1. The lowest BCUT2D eigenvalue weighted by Gasteiger charge is -2.17. The highest BCUT2D eigenvalue weighted by atomic mass is 19.4. The predicted molar refractivity (Wildman–Crippen MR) is 161 cm³/mol. The highest BCUT2D eigenvalue weighted by Gasteiger charge is 2.31. The quantitative estimate of drug-likeness (QED) is 0.108. The topological polar surface area (TPSA) is 155 Å². The van der Waals surface area contributed by atoms with Gasteiger partial charge in [0.25, 0.3) is 11.5 Å². The van der Waals surface area contributed by atoms with Gasteiger partial charge in [-0.2, -0.15) is 13.2 Å². The van der Waals surface area contributed by atoms with Crippen molar-refractivity contribution in [1.29, 1.82) is 5.41 Å². The number of hydrogen-bond donors (Lipinski definition) is 5. The largest absolute Gasteiger partial charge is 0.416 e. The van der Waals surface area contributed by atoms with Crippen LogP contribution in [0.3, 0.4) is 0 Å². The van der Waals surface area contributed by atoms with Crippen molar-refractivity contribution in [3.8, 4) is 11.3 Å². The Labute approximate surface area is 250 Å². The van der Waals surface area contributed by atoms with Crippen LogP contribution in [0.25, 0.3) is 11.3 Å². The van der Waals surface area contributed by atoms with Gasteiger partial charge in [0.15, 0.2) is 5.82 Å². The first kappa shape index (κ1) is 31.5. The molecular weight excluding hydrogens is 575 g/mol. The van der Waals surface area contributed by atoms with Crippen molar-refractivity contribution in [1.82, 2.24) is 20.2 Å². The number of hydrogen-bond acceptors (Lipinski definition) is 7. The minimum absolute atomic E-state index is 0.0160. The van der Waals surface area contributed by atoms with Gasteiger partial charge in [0.2, 0.25) is 5.91 Å². The number of rotatable bonds is 9. The number of nitrogens with zero attached hydrogens (tertiary/aromatic N) is 2. The number of halogens is 3. The van der Waals surface area contributed by atoms with Gasteiger partial charge in [0.1, 0.15) is 12.4 Å². The molecule has 1 aromatic heterocycles. The monoisotopic (exact) mass is 605 g/mol. The number of carbonyl (C=O) groups is 2. The van der Waals surface area contributed by atoms with Gasteiger partial charge in [-0.3, -0.25) is 24.4 Å². The van der Waals surface area contributed by atoms with E-state index in [1.165, 1.54) is 12.3 Å². The zero-order valence-corrected chi connectivity index (χ0v) is 23.8. The lowest BCUT2D eigenvalue weighted by Crippen LogP contribution is -2.35. The second-order valence-electron chi connectivity index (χ2n) is 10.2. The smallest absolute Gasteiger partial charge is 0.399 e. The van der Waals surface area contributed by atoms with E-state index in [0.717, 1.165) is 16.7 Å². The van der Waals surface area contributed by atoms with E-state index in [-0.39, 0.29) is 41.2 Å². The maximum absolute atomic E-state index is 13.5. The third kappa shape index (κ3) is 7.88. The van der Waals surface area contributed by atoms with Crippen LogP contribution in [0.4, 0.5) is 24.7 Å². The molecule has 228 valence electrons. The Bertz CT molecular complexity index is 1740. The molecule has 0 aliphatic rings. The maximum Gasteiger partial charge on any atom is 0.416 e. The number of alkyl halides is 3. The van der Waals surface area contributed by atoms with Crippen LogP contribution in [0.5, 0.6) is 0 Å². The van der Waals surface area contributed by atoms with E-state index in [4.69, 9.17) is 11.1 Å². The maximum atomic E-state index is 13.5. The summed E-state index contributed by atoms with van der Waals surface area (Å²) in [5, 5.41) is 16.3. The summed E-state index contributed by atoms with van der Waals surface area (Å²) in [4.78, 5) is 42.7. The predicted octanol–water partition coefficient (Wildman–Crippen LogP) is 4.40. The average Bonchev–Trinajstić information content (AvgIpc) is 2.98. The Kier molecular flexibility index (Phi) is 9.47. The molecule has 2 amide bonds. The van der Waals surface area contributed by atoms with E-state index >= 15 is 0 Å². The van der Waals surface area contributed by atoms with Gasteiger partial charge in [-0.15, -0.1) is 0 Å². The molecule has 0 bridgehead atoms. The molecule has 0 aliphatic heterocycles. The van der Waals surface area contributed by atoms with E-state index < -0.39 is 35.7 Å². The van der Waals surface area contributed by atoms with Gasteiger partial charge in [0, 0.05) is 35.0 Å². The first-order valence-electron chi connectivity index (χ1n) is 13.5. The first-order valence-corrected chi connectivity index (χ1v) is 13.5. The zero-order valence-electron chi connectivity index (χ0n) is 23.8. The molecule has 0 aliphatic carbocycles. The molecule has 13 heteroatoms. The molecule has 0 atom stereocenters. The lowest BCUT2D eigenvalue weighted by atomic mass is 10.1. The molecule has 4 aromatic rings. The highest BCUT2D eigenvalue weighted by Crippen LogP contribution is 2.34. The molecule has 3 aromatic carbocycles. The molecule has 6 N–H and O–H groups in total. The van der Waals surface area contributed by atoms with Gasteiger partial charge in [-0.05, 0) is 49.7 Å². The van der Waals surface area contributed by atoms with Gasteiger partial charge < -0.3 is 21.7 Å². The number of carbonyl (C=O) groups excluding carboxylic acids is 2. The van der Waals surface area contributed by atoms with Crippen LogP contribution in [0.15, 0.2) is 83.8 Å². The number of anilines is 2. The summed E-state index contributed by atoms with van der Waals surface area (Å²) in [6.45, 7) is 3.12. The number of nitrogens with one attached hydrogen (secondary N) is 4. The Morgan fingerprint density at radius 2 is 1.68 bits per heavy atom. The summed E-state index contributed by atoms with van der Waals surface area (Å²) in [6.07, 6.45) is -3.46. The minimum Gasteiger partial charge on any atom is -0.399 e. The van der Waals surface area contributed by atoms with Crippen LogP contribution in [0, 0.1) is 5.41 Å². The summed E-state index contributed by atoms with van der Waals surface area (Å²) < 4.78 is 41.5. The first-order chi connectivity index (χ1) is 20.8. The Hall–Kier alpha value is -5.46. The highest BCUT2D eigenvalue weighted by molar-refractivity contribution is 6.11. The zero-order chi connectivity index (χ0) is 32.0. The molecule has 10 nitrogen and oxygen atoms in total. The molecule has 0 fully saturated rings. The Morgan fingerprint density at radius 1 is 1.00 bits per heavy atom. The fourth-order valence-electron chi connectivity index (χ4n) is 4.25. The van der Waals surface area contributed by atoms with Crippen molar-refractivity contribution in [2.45, 2.75) is 39.2 Å². The van der Waals surface area contributed by atoms with Gasteiger partial charge in [-0.1, -0.05) is 42.5 Å². The summed E-state index contributed by atoms with van der Waals surface area (Å²) in [5.41, 5.74) is 5.36. The fraction of sp³-hybridized carbons (Fsp3) is 0.194. The molecule has 0 saturated heterocycles. The third-order valence-corrected chi connectivity index (χ3v) is 6.37. The number of benzene rings is 3. The molecule has 44 heavy (non-hydrogen) atoms. The summed E-state index contributed by atoms with van der Waals surface area (Å²) in [7, 11) is 0. The standard InChI is InChI=1S/C31H30F3N7O3/c1-18(2)39-28-30(44)41(25(16-38-28)22-12-23(31(32,33)34)14-24(35)13-22)17-26(42)37-15-19-8-10-20(11-9-19)27(36)40-29(43)21-6-4-3-5-7-21/h3-14,16,18H,15,17,35H2,1-2H3,(H,37,42)(H,38,39)(H2,36,40,43). The van der Waals surface area contributed by atoms with Crippen molar-refractivity contribution in [2.24, 2.45) is 0 Å². The van der Waals surface area contributed by atoms with Crippen molar-refractivity contribution >= 4 is 29.2 Å². The molecule has 1 heterocycles. The average molecular weight is 606 g/mol. The third-order valence-electron chi connectivity index (χ3n) is 6.37.